The number of rotatable bonds is 5. The summed E-state index contributed by atoms with van der Waals surface area (Å²) in [6.45, 7) is 0. The average Bonchev–Trinajstić information content (AvgIpc) is 3.73. The average molecular weight is 668 g/mol. The Balaban J connectivity index is 1.63. The van der Waals surface area contributed by atoms with Crippen LogP contribution in [-0.4, -0.2) is 22.5 Å². The molecular weight excluding hydrogens is 614 g/mol. The van der Waals surface area contributed by atoms with Gasteiger partial charge >= 0.3 is 264 Å². The Labute approximate surface area is 263 Å². The molecule has 4 aliphatic carbocycles. The predicted molar refractivity (Wildman–Crippen MR) is 176 cm³/mol. The maximum atomic E-state index is 4.29. The van der Waals surface area contributed by atoms with Gasteiger partial charge in [0, 0.05) is 0 Å². The van der Waals surface area contributed by atoms with Crippen LogP contribution < -0.4 is 0 Å². The molecule has 0 bridgehead atoms. The van der Waals surface area contributed by atoms with Gasteiger partial charge in [0.05, 0.1) is 0 Å². The third kappa shape index (κ3) is 6.65. The summed E-state index contributed by atoms with van der Waals surface area (Å²) in [6.07, 6.45) is 39.8. The molecule has 5 heteroatoms. The van der Waals surface area contributed by atoms with E-state index in [9.17, 15) is 0 Å². The summed E-state index contributed by atoms with van der Waals surface area (Å²) in [6, 6.07) is 13.6. The van der Waals surface area contributed by atoms with Gasteiger partial charge in [-0.05, 0) is 0 Å². The number of aromatic nitrogens is 4. The first-order valence-corrected chi connectivity index (χ1v) is 20.5. The second kappa shape index (κ2) is 14.3. The van der Waals surface area contributed by atoms with E-state index in [0.717, 1.165) is 0 Å². The van der Waals surface area contributed by atoms with Gasteiger partial charge in [0.25, 0.3) is 0 Å². The molecule has 0 spiro atoms. The molecule has 2 heterocycles. The summed E-state index contributed by atoms with van der Waals surface area (Å²) >= 11 is -1.98. The van der Waals surface area contributed by atoms with Crippen molar-refractivity contribution >= 4 is 10.3 Å². The summed E-state index contributed by atoms with van der Waals surface area (Å²) in [4.78, 5) is 0. The molecule has 0 radical (unpaired) electrons. The Morgan fingerprint density at radius 2 is 0.791 bits per heavy atom. The molecular formula is C38H54N4Ru. The van der Waals surface area contributed by atoms with Crippen LogP contribution in [0.1, 0.15) is 158 Å². The van der Waals surface area contributed by atoms with E-state index in [1.165, 1.54) is 134 Å². The maximum absolute atomic E-state index is 4.29. The molecule has 2 aromatic heterocycles. The van der Waals surface area contributed by atoms with Crippen molar-refractivity contribution in [3.05, 3.63) is 68.7 Å². The zero-order valence-electron chi connectivity index (χ0n) is 26.4. The van der Waals surface area contributed by atoms with E-state index >= 15 is 0 Å². The fourth-order valence-electron chi connectivity index (χ4n) is 8.49. The summed E-state index contributed by atoms with van der Waals surface area (Å²) in [5.41, 5.74) is 1.29. The Bertz CT molecular complexity index is 1430. The van der Waals surface area contributed by atoms with Gasteiger partial charge in [0.15, 0.2) is 0 Å². The molecule has 0 atom stereocenters. The van der Waals surface area contributed by atoms with Crippen molar-refractivity contribution < 1.29 is 14.6 Å². The number of hydrogen-bond acceptors (Lipinski definition) is 0. The molecule has 7 rings (SSSR count). The second-order valence-corrected chi connectivity index (χ2v) is 17.2. The molecule has 1 aromatic carbocycles. The number of imidazole rings is 2. The van der Waals surface area contributed by atoms with E-state index in [0.29, 0.717) is 24.2 Å². The first-order chi connectivity index (χ1) is 21.4. The topological polar surface area (TPSA) is 19.7 Å². The van der Waals surface area contributed by atoms with E-state index < -0.39 is 14.6 Å². The van der Waals surface area contributed by atoms with Gasteiger partial charge in [0.2, 0.25) is 0 Å². The van der Waals surface area contributed by atoms with Gasteiger partial charge in [-0.2, -0.15) is 0 Å². The second-order valence-electron chi connectivity index (χ2n) is 13.8. The third-order valence-electron chi connectivity index (χ3n) is 10.9. The zero-order chi connectivity index (χ0) is 28.8. The van der Waals surface area contributed by atoms with Crippen molar-refractivity contribution in [2.45, 2.75) is 153 Å². The van der Waals surface area contributed by atoms with Crippen LogP contribution in [0.15, 0.2) is 55.1 Å². The summed E-state index contributed by atoms with van der Waals surface area (Å²) < 4.78 is 18.9. The third-order valence-corrected chi connectivity index (χ3v) is 15.0. The molecule has 0 N–H and O–H groups in total. The molecule has 0 amide bonds. The molecule has 4 fully saturated rings. The van der Waals surface area contributed by atoms with E-state index in [1.54, 1.807) is 8.03 Å². The summed E-state index contributed by atoms with van der Waals surface area (Å²) in [5.74, 6) is 0. The van der Waals surface area contributed by atoms with Crippen LogP contribution in [-0.2, 0) is 14.6 Å². The summed E-state index contributed by atoms with van der Waals surface area (Å²) in [5, 5.41) is 0. The molecule has 234 valence electrons. The van der Waals surface area contributed by atoms with Crippen LogP contribution in [0.5, 0.6) is 0 Å². The molecule has 4 aliphatic rings. The minimum absolute atomic E-state index is 0.643. The van der Waals surface area contributed by atoms with Crippen LogP contribution in [0.2, 0.25) is 0 Å². The standard InChI is InChI=1S/2C15H24N2.C8H6.Ru/c2*1-3-7-14(8-4-1)16-11-12-17(13-16)15-9-5-2-6-10-15;1-2-8-6-4-3-5-7-8;/h2*11-12,14-15H,1-10H2;2-7H;. The van der Waals surface area contributed by atoms with Crippen molar-refractivity contribution in [1.82, 2.24) is 18.3 Å². The van der Waals surface area contributed by atoms with Crippen molar-refractivity contribution in [1.29, 1.82) is 0 Å². The van der Waals surface area contributed by atoms with Gasteiger partial charge in [-0.15, -0.1) is 0 Å². The van der Waals surface area contributed by atoms with Crippen LogP contribution >= 0.6 is 0 Å². The van der Waals surface area contributed by atoms with Gasteiger partial charge in [-0.1, -0.05) is 0 Å². The summed E-state index contributed by atoms with van der Waals surface area (Å²) in [7, 11) is 0. The monoisotopic (exact) mass is 668 g/mol. The molecule has 0 aliphatic heterocycles. The van der Waals surface area contributed by atoms with Gasteiger partial charge < -0.3 is 0 Å². The Morgan fingerprint density at radius 1 is 0.465 bits per heavy atom. The number of benzene rings is 1. The quantitative estimate of drug-likeness (QED) is 0.241. The predicted octanol–water partition coefficient (Wildman–Crippen LogP) is 10.4. The van der Waals surface area contributed by atoms with Gasteiger partial charge in [-0.25, -0.2) is 0 Å². The Hall–Kier alpha value is -2.09. The normalized spacial score (nSPS) is 21.7. The molecule has 4 saturated carbocycles. The minimum atomic E-state index is -1.98. The van der Waals surface area contributed by atoms with Crippen molar-refractivity contribution in [3.63, 3.8) is 0 Å². The molecule has 0 unspecified atom stereocenters. The fourth-order valence-corrected chi connectivity index (χ4v) is 13.4. The van der Waals surface area contributed by atoms with Crippen LogP contribution in [0.3, 0.4) is 0 Å². The van der Waals surface area contributed by atoms with Crippen molar-refractivity contribution in [2.24, 2.45) is 0 Å². The van der Waals surface area contributed by atoms with E-state index in [-0.39, 0.29) is 0 Å². The SMILES string of the molecule is [C](=Cc1ccccc1)=[Ru](=[c]1n(C2CCCCC2)ccn1C1CCCCC1)=[c]1n(C2CCCCC2)ccn1C1CCCCC1. The molecule has 3 aromatic rings. The first-order valence-electron chi connectivity index (χ1n) is 17.9. The number of hydrogen-bond donors (Lipinski definition) is 0. The van der Waals surface area contributed by atoms with Crippen molar-refractivity contribution in [2.75, 3.05) is 0 Å². The van der Waals surface area contributed by atoms with Gasteiger partial charge in [-0.3, -0.25) is 0 Å². The fraction of sp³-hybridized carbons (Fsp3) is 0.632. The number of nitrogens with zero attached hydrogens (tertiary/aromatic N) is 4. The Kier molecular flexibility index (Phi) is 9.88. The molecule has 0 saturated heterocycles. The zero-order valence-corrected chi connectivity index (χ0v) is 28.1. The Morgan fingerprint density at radius 3 is 1.12 bits per heavy atom. The van der Waals surface area contributed by atoms with Crippen LogP contribution in [0.4, 0.5) is 0 Å². The van der Waals surface area contributed by atoms with E-state index in [2.05, 4.69) is 83.7 Å². The van der Waals surface area contributed by atoms with Crippen molar-refractivity contribution in [3.8, 4) is 0 Å². The van der Waals surface area contributed by atoms with Crippen LogP contribution in [0, 0.1) is 8.03 Å². The molecule has 43 heavy (non-hydrogen) atoms. The van der Waals surface area contributed by atoms with Gasteiger partial charge in [0.1, 0.15) is 0 Å². The molecule has 4 nitrogen and oxygen atoms in total. The van der Waals surface area contributed by atoms with E-state index in [1.807, 2.05) is 0 Å². The first kappa shape index (κ1) is 29.6. The van der Waals surface area contributed by atoms with E-state index in [4.69, 9.17) is 0 Å². The van der Waals surface area contributed by atoms with Crippen LogP contribution in [0.25, 0.3) is 6.08 Å².